The summed E-state index contributed by atoms with van der Waals surface area (Å²) in [7, 11) is -1.59. The molecule has 0 unspecified atom stereocenters. The van der Waals surface area contributed by atoms with Gasteiger partial charge < -0.3 is 35.0 Å². The molecule has 1 heterocycles. The number of benzene rings is 1. The number of phenols is 1. The Bertz CT molecular complexity index is 806. The number of aryl methyl sites for hydroxylation is 1. The van der Waals surface area contributed by atoms with Crippen molar-refractivity contribution in [1.29, 1.82) is 5.41 Å². The fraction of sp³-hybridized carbons (Fsp3) is 0.375. The number of carboxylic acid groups (broad SMARTS) is 2. The van der Waals surface area contributed by atoms with Crippen LogP contribution >= 0.6 is 0 Å². The largest absolute Gasteiger partial charge is 0.507 e. The maximum absolute atomic E-state index is 11.8. The number of aromatic hydroxyl groups is 1. The molecule has 1 fully saturated rings. The number of nitrogens with zero attached hydrogens (tertiary/aromatic N) is 1. The van der Waals surface area contributed by atoms with E-state index < -0.39 is 54.5 Å². The SMILES string of the molecule is N=C(CC(=O)N1CC(Oc2ccc(CCB(O)O)c(O)c2C(=O)O)C1)C(=O)O. The fourth-order valence-corrected chi connectivity index (χ4v) is 2.64. The number of carbonyl (C=O) groups is 3. The molecule has 2 rings (SSSR count). The van der Waals surface area contributed by atoms with Crippen molar-refractivity contribution < 1.29 is 44.5 Å². The molecule has 1 aromatic carbocycles. The molecule has 11 nitrogen and oxygen atoms in total. The standard InChI is InChI=1S/C16H19BN2O9/c18-10(15(22)23)5-12(20)19-6-9(7-19)28-11-2-1-8(3-4-17(26)27)14(21)13(11)16(24)25/h1-2,9,18,21,26-27H,3-7H2,(H,22,23)(H,24,25). The molecule has 1 saturated heterocycles. The highest BCUT2D eigenvalue weighted by Gasteiger charge is 2.34. The van der Waals surface area contributed by atoms with Gasteiger partial charge in [0, 0.05) is 0 Å². The van der Waals surface area contributed by atoms with Crippen LogP contribution in [0.15, 0.2) is 12.1 Å². The zero-order chi connectivity index (χ0) is 21.0. The van der Waals surface area contributed by atoms with Crippen LogP contribution in [-0.4, -0.2) is 80.1 Å². The van der Waals surface area contributed by atoms with E-state index in [1.165, 1.54) is 17.0 Å². The molecule has 150 valence electrons. The molecule has 12 heteroatoms. The third-order valence-electron chi connectivity index (χ3n) is 4.19. The second-order valence-corrected chi connectivity index (χ2v) is 6.27. The van der Waals surface area contributed by atoms with Gasteiger partial charge in [-0.2, -0.15) is 0 Å². The van der Waals surface area contributed by atoms with Crippen LogP contribution in [-0.2, 0) is 16.0 Å². The lowest BCUT2D eigenvalue weighted by molar-refractivity contribution is -0.139. The van der Waals surface area contributed by atoms with Gasteiger partial charge in [0.2, 0.25) is 5.91 Å². The summed E-state index contributed by atoms with van der Waals surface area (Å²) in [5, 5.41) is 53.1. The van der Waals surface area contributed by atoms with Crippen molar-refractivity contribution in [2.45, 2.75) is 25.3 Å². The van der Waals surface area contributed by atoms with Crippen molar-refractivity contribution in [1.82, 2.24) is 4.90 Å². The number of rotatable bonds is 9. The van der Waals surface area contributed by atoms with Gasteiger partial charge in [-0.3, -0.25) is 10.2 Å². The second kappa shape index (κ2) is 8.72. The monoisotopic (exact) mass is 394 g/mol. The van der Waals surface area contributed by atoms with Gasteiger partial charge in [-0.25, -0.2) is 9.59 Å². The number of nitrogens with one attached hydrogen (secondary N) is 1. The topological polar surface area (TPSA) is 189 Å². The summed E-state index contributed by atoms with van der Waals surface area (Å²) < 4.78 is 5.53. The Hall–Kier alpha value is -3.12. The molecule has 6 N–H and O–H groups in total. The summed E-state index contributed by atoms with van der Waals surface area (Å²) in [4.78, 5) is 35.2. The first-order valence-corrected chi connectivity index (χ1v) is 8.29. The normalized spacial score (nSPS) is 13.6. The van der Waals surface area contributed by atoms with Crippen LogP contribution in [0.25, 0.3) is 0 Å². The first-order valence-electron chi connectivity index (χ1n) is 8.29. The summed E-state index contributed by atoms with van der Waals surface area (Å²) in [6.45, 7) is 0.175. The molecule has 1 aromatic rings. The predicted octanol–water partition coefficient (Wildman–Crippen LogP) is -0.810. The van der Waals surface area contributed by atoms with Crippen molar-refractivity contribution >= 4 is 30.7 Å². The van der Waals surface area contributed by atoms with Crippen LogP contribution in [0.4, 0.5) is 0 Å². The Labute approximate surface area is 159 Å². The van der Waals surface area contributed by atoms with Crippen LogP contribution in [0.2, 0.25) is 6.32 Å². The van der Waals surface area contributed by atoms with Gasteiger partial charge in [0.1, 0.15) is 28.9 Å². The van der Waals surface area contributed by atoms with E-state index in [1.54, 1.807) is 0 Å². The van der Waals surface area contributed by atoms with E-state index in [4.69, 9.17) is 25.3 Å². The fourth-order valence-electron chi connectivity index (χ4n) is 2.64. The highest BCUT2D eigenvalue weighted by Crippen LogP contribution is 2.34. The first kappa shape index (κ1) is 21.2. The Kier molecular flexibility index (Phi) is 6.60. The van der Waals surface area contributed by atoms with Crippen molar-refractivity contribution in [2.75, 3.05) is 13.1 Å². The number of carboxylic acids is 2. The quantitative estimate of drug-likeness (QED) is 0.230. The molecular weight excluding hydrogens is 375 g/mol. The Morgan fingerprint density at radius 2 is 1.86 bits per heavy atom. The van der Waals surface area contributed by atoms with E-state index in [0.717, 1.165) is 0 Å². The average Bonchev–Trinajstić information content (AvgIpc) is 2.55. The zero-order valence-electron chi connectivity index (χ0n) is 14.7. The van der Waals surface area contributed by atoms with Gasteiger partial charge in [-0.1, -0.05) is 6.07 Å². The lowest BCUT2D eigenvalue weighted by Crippen LogP contribution is -2.56. The number of hydrogen-bond donors (Lipinski definition) is 6. The van der Waals surface area contributed by atoms with Crippen LogP contribution in [0.3, 0.4) is 0 Å². The van der Waals surface area contributed by atoms with Gasteiger partial charge >= 0.3 is 19.1 Å². The predicted molar refractivity (Wildman–Crippen MR) is 94.7 cm³/mol. The molecule has 0 bridgehead atoms. The van der Waals surface area contributed by atoms with E-state index in [2.05, 4.69) is 0 Å². The number of aromatic carboxylic acids is 1. The van der Waals surface area contributed by atoms with E-state index in [1.807, 2.05) is 0 Å². The third-order valence-corrected chi connectivity index (χ3v) is 4.19. The van der Waals surface area contributed by atoms with Gasteiger partial charge in [-0.05, 0) is 24.4 Å². The van der Waals surface area contributed by atoms with Crippen molar-refractivity contribution in [2.24, 2.45) is 0 Å². The smallest absolute Gasteiger partial charge is 0.451 e. The molecule has 0 spiro atoms. The van der Waals surface area contributed by atoms with Crippen molar-refractivity contribution in [3.63, 3.8) is 0 Å². The number of ether oxygens (including phenoxy) is 1. The molecule has 1 amide bonds. The lowest BCUT2D eigenvalue weighted by Gasteiger charge is -2.39. The van der Waals surface area contributed by atoms with E-state index >= 15 is 0 Å². The zero-order valence-corrected chi connectivity index (χ0v) is 14.7. The first-order chi connectivity index (χ1) is 13.1. The maximum Gasteiger partial charge on any atom is 0.451 e. The average molecular weight is 394 g/mol. The third kappa shape index (κ3) is 4.99. The lowest BCUT2D eigenvalue weighted by atomic mass is 9.82. The van der Waals surface area contributed by atoms with Crippen LogP contribution in [0.1, 0.15) is 22.3 Å². The molecular formula is C16H19BN2O9. The Morgan fingerprint density at radius 3 is 2.39 bits per heavy atom. The summed E-state index contributed by atoms with van der Waals surface area (Å²) in [6, 6.07) is 2.75. The van der Waals surface area contributed by atoms with Crippen LogP contribution in [0, 0.1) is 5.41 Å². The van der Waals surface area contributed by atoms with Crippen molar-refractivity contribution in [3.05, 3.63) is 23.3 Å². The van der Waals surface area contributed by atoms with Crippen LogP contribution in [0.5, 0.6) is 11.5 Å². The number of amides is 1. The minimum Gasteiger partial charge on any atom is -0.507 e. The summed E-state index contributed by atoms with van der Waals surface area (Å²) in [5.74, 6) is -4.09. The van der Waals surface area contributed by atoms with E-state index in [9.17, 15) is 24.6 Å². The van der Waals surface area contributed by atoms with E-state index in [0.29, 0.717) is 0 Å². The molecule has 1 aliphatic rings. The molecule has 0 atom stereocenters. The summed E-state index contributed by atoms with van der Waals surface area (Å²) in [6.07, 6.45) is -1.14. The van der Waals surface area contributed by atoms with Crippen LogP contribution < -0.4 is 4.74 Å². The molecule has 0 aromatic heterocycles. The highest BCUT2D eigenvalue weighted by molar-refractivity contribution is 6.41. The Balaban J connectivity index is 2.02. The van der Waals surface area contributed by atoms with Gasteiger partial charge in [-0.15, -0.1) is 0 Å². The molecule has 1 aliphatic heterocycles. The maximum atomic E-state index is 11.8. The Morgan fingerprint density at radius 1 is 1.21 bits per heavy atom. The molecule has 0 aliphatic carbocycles. The second-order valence-electron chi connectivity index (χ2n) is 6.27. The highest BCUT2D eigenvalue weighted by atomic mass is 16.5. The molecule has 0 radical (unpaired) electrons. The minimum absolute atomic E-state index is 0.0469. The van der Waals surface area contributed by atoms with Crippen molar-refractivity contribution in [3.8, 4) is 11.5 Å². The van der Waals surface area contributed by atoms with Gasteiger partial charge in [0.25, 0.3) is 0 Å². The molecule has 0 saturated carbocycles. The number of carbonyl (C=O) groups excluding carboxylic acids is 1. The summed E-state index contributed by atoms with van der Waals surface area (Å²) in [5.41, 5.74) is -0.978. The number of likely N-dealkylation sites (tertiary alicyclic amines) is 1. The number of hydrogen-bond acceptors (Lipinski definition) is 8. The number of aliphatic carboxylic acids is 1. The van der Waals surface area contributed by atoms with E-state index in [-0.39, 0.29) is 37.1 Å². The van der Waals surface area contributed by atoms with Gasteiger partial charge in [0.05, 0.1) is 19.5 Å². The van der Waals surface area contributed by atoms with Gasteiger partial charge in [0.15, 0.2) is 0 Å². The minimum atomic E-state index is -1.59. The summed E-state index contributed by atoms with van der Waals surface area (Å²) >= 11 is 0. The molecule has 28 heavy (non-hydrogen) atoms.